The molecular formula is C14H15N3O2S. The van der Waals surface area contributed by atoms with Crippen molar-refractivity contribution in [3.63, 3.8) is 0 Å². The topological polar surface area (TPSA) is 64.8 Å². The van der Waals surface area contributed by atoms with Gasteiger partial charge >= 0.3 is 0 Å². The number of fused-ring (bicyclic) bond motifs is 1. The van der Waals surface area contributed by atoms with E-state index in [-0.39, 0.29) is 6.04 Å². The Morgan fingerprint density at radius 1 is 1.30 bits per heavy atom. The van der Waals surface area contributed by atoms with Gasteiger partial charge in [-0.1, -0.05) is 24.6 Å². The van der Waals surface area contributed by atoms with Crippen molar-refractivity contribution in [2.75, 3.05) is 6.26 Å². The van der Waals surface area contributed by atoms with Crippen LogP contribution in [0, 0.1) is 0 Å². The molecule has 5 nitrogen and oxygen atoms in total. The van der Waals surface area contributed by atoms with Gasteiger partial charge in [-0.25, -0.2) is 9.97 Å². The summed E-state index contributed by atoms with van der Waals surface area (Å²) in [5.74, 6) is 0. The van der Waals surface area contributed by atoms with E-state index in [0.717, 1.165) is 38.3 Å². The maximum absolute atomic E-state index is 11.5. The molecule has 2 aromatic heterocycles. The predicted molar refractivity (Wildman–Crippen MR) is 77.6 cm³/mol. The molecule has 0 radical (unpaired) electrons. The Morgan fingerprint density at radius 3 is 2.65 bits per heavy atom. The van der Waals surface area contributed by atoms with Crippen LogP contribution in [-0.2, 0) is 0 Å². The van der Waals surface area contributed by atoms with E-state index in [1.165, 1.54) is 11.8 Å². The fraction of sp³-hybridized carbons (Fsp3) is 0.429. The molecule has 1 aliphatic carbocycles. The molecule has 0 N–H and O–H groups in total. The van der Waals surface area contributed by atoms with Crippen LogP contribution in [0.1, 0.15) is 52.6 Å². The molecule has 0 aromatic carbocycles. The van der Waals surface area contributed by atoms with Gasteiger partial charge in [-0.3, -0.25) is 9.59 Å². The summed E-state index contributed by atoms with van der Waals surface area (Å²) in [6.07, 6.45) is 9.42. The third-order valence-electron chi connectivity index (χ3n) is 3.90. The van der Waals surface area contributed by atoms with Crippen molar-refractivity contribution in [3.8, 4) is 0 Å². The number of nitrogens with zero attached hydrogens (tertiary/aromatic N) is 3. The molecule has 1 aliphatic rings. The minimum atomic E-state index is 0.260. The summed E-state index contributed by atoms with van der Waals surface area (Å²) in [6.45, 7) is 0. The Kier molecular flexibility index (Phi) is 3.56. The lowest BCUT2D eigenvalue weighted by atomic mass is 10.2. The zero-order chi connectivity index (χ0) is 14.1. The summed E-state index contributed by atoms with van der Waals surface area (Å²) in [7, 11) is 0. The van der Waals surface area contributed by atoms with Crippen LogP contribution in [0.15, 0.2) is 11.4 Å². The molecule has 1 saturated carbocycles. The summed E-state index contributed by atoms with van der Waals surface area (Å²) in [6, 6.07) is 0.260. The smallest absolute Gasteiger partial charge is 0.189 e. The number of hydrogen-bond donors (Lipinski definition) is 0. The van der Waals surface area contributed by atoms with Crippen LogP contribution in [0.3, 0.4) is 0 Å². The largest absolute Gasteiger partial charge is 0.319 e. The standard InChI is InChI=1S/C14H15N3O2S/c1-20-14-15-6-10-11(7-18)12(8-19)17(13(10)16-14)9-4-2-3-5-9/h6-9H,2-5H2,1H3. The van der Waals surface area contributed by atoms with Gasteiger partial charge < -0.3 is 4.57 Å². The maximum atomic E-state index is 11.5. The number of aromatic nitrogens is 3. The number of carbonyl (C=O) groups is 2. The van der Waals surface area contributed by atoms with Crippen molar-refractivity contribution in [1.29, 1.82) is 0 Å². The van der Waals surface area contributed by atoms with E-state index in [4.69, 9.17) is 0 Å². The SMILES string of the molecule is CSc1ncc2c(C=O)c(C=O)n(C3CCCC3)c2n1. The van der Waals surface area contributed by atoms with E-state index >= 15 is 0 Å². The van der Waals surface area contributed by atoms with E-state index in [1.54, 1.807) is 6.20 Å². The van der Waals surface area contributed by atoms with Crippen molar-refractivity contribution in [2.45, 2.75) is 36.9 Å². The zero-order valence-corrected chi connectivity index (χ0v) is 12.0. The lowest BCUT2D eigenvalue weighted by Gasteiger charge is -2.14. The van der Waals surface area contributed by atoms with E-state index in [9.17, 15) is 9.59 Å². The molecule has 2 heterocycles. The summed E-state index contributed by atoms with van der Waals surface area (Å²) >= 11 is 1.45. The normalized spacial score (nSPS) is 15.8. The van der Waals surface area contributed by atoms with Crippen LogP contribution in [0.2, 0.25) is 0 Å². The second kappa shape index (κ2) is 5.36. The minimum Gasteiger partial charge on any atom is -0.319 e. The fourth-order valence-corrected chi connectivity index (χ4v) is 3.32. The van der Waals surface area contributed by atoms with Crippen molar-refractivity contribution in [3.05, 3.63) is 17.5 Å². The molecule has 0 unspecified atom stereocenters. The van der Waals surface area contributed by atoms with Crippen LogP contribution < -0.4 is 0 Å². The van der Waals surface area contributed by atoms with Gasteiger partial charge in [0.05, 0.1) is 11.3 Å². The highest BCUT2D eigenvalue weighted by Gasteiger charge is 2.26. The highest BCUT2D eigenvalue weighted by molar-refractivity contribution is 7.98. The molecule has 0 atom stereocenters. The minimum absolute atomic E-state index is 0.260. The Hall–Kier alpha value is -1.69. The zero-order valence-electron chi connectivity index (χ0n) is 11.2. The summed E-state index contributed by atoms with van der Waals surface area (Å²) in [5.41, 5.74) is 1.56. The number of rotatable bonds is 4. The number of carbonyl (C=O) groups excluding carboxylic acids is 2. The second-order valence-corrected chi connectivity index (χ2v) is 5.71. The third kappa shape index (κ3) is 1.95. The van der Waals surface area contributed by atoms with Gasteiger partial charge in [0.25, 0.3) is 0 Å². The summed E-state index contributed by atoms with van der Waals surface area (Å²) in [5, 5.41) is 1.33. The molecule has 104 valence electrons. The highest BCUT2D eigenvalue weighted by atomic mass is 32.2. The molecule has 0 spiro atoms. The van der Waals surface area contributed by atoms with Gasteiger partial charge in [0.15, 0.2) is 17.7 Å². The van der Waals surface area contributed by atoms with E-state index in [1.807, 2.05) is 10.8 Å². The molecule has 0 saturated heterocycles. The van der Waals surface area contributed by atoms with E-state index in [2.05, 4.69) is 9.97 Å². The maximum Gasteiger partial charge on any atom is 0.189 e. The van der Waals surface area contributed by atoms with Crippen LogP contribution in [-0.4, -0.2) is 33.4 Å². The molecule has 2 aromatic rings. The fourth-order valence-electron chi connectivity index (χ4n) is 2.99. The molecule has 20 heavy (non-hydrogen) atoms. The van der Waals surface area contributed by atoms with E-state index in [0.29, 0.717) is 27.4 Å². The Labute approximate surface area is 120 Å². The Balaban J connectivity index is 2.32. The average Bonchev–Trinajstić information content (AvgIpc) is 3.10. The van der Waals surface area contributed by atoms with E-state index < -0.39 is 0 Å². The first-order chi connectivity index (χ1) is 9.80. The lowest BCUT2D eigenvalue weighted by molar-refractivity contribution is 0.109. The highest BCUT2D eigenvalue weighted by Crippen LogP contribution is 2.35. The first kappa shape index (κ1) is 13.3. The predicted octanol–water partition coefficient (Wildman–Crippen LogP) is 2.89. The van der Waals surface area contributed by atoms with Gasteiger partial charge in [0.1, 0.15) is 5.65 Å². The lowest BCUT2D eigenvalue weighted by Crippen LogP contribution is -2.10. The Morgan fingerprint density at radius 2 is 2.05 bits per heavy atom. The monoisotopic (exact) mass is 289 g/mol. The van der Waals surface area contributed by atoms with Crippen LogP contribution >= 0.6 is 11.8 Å². The number of hydrogen-bond acceptors (Lipinski definition) is 5. The van der Waals surface area contributed by atoms with Crippen LogP contribution in [0.4, 0.5) is 0 Å². The summed E-state index contributed by atoms with van der Waals surface area (Å²) in [4.78, 5) is 31.5. The Bertz CT molecular complexity index is 675. The first-order valence-corrected chi connectivity index (χ1v) is 7.88. The van der Waals surface area contributed by atoms with Gasteiger partial charge in [0.2, 0.25) is 0 Å². The molecule has 0 amide bonds. The van der Waals surface area contributed by atoms with Gasteiger partial charge in [-0.15, -0.1) is 0 Å². The average molecular weight is 289 g/mol. The number of thioether (sulfide) groups is 1. The first-order valence-electron chi connectivity index (χ1n) is 6.65. The van der Waals surface area contributed by atoms with Gasteiger partial charge in [0, 0.05) is 17.6 Å². The molecule has 0 bridgehead atoms. The third-order valence-corrected chi connectivity index (χ3v) is 4.46. The molecule has 6 heteroatoms. The van der Waals surface area contributed by atoms with Crippen molar-refractivity contribution in [2.24, 2.45) is 0 Å². The van der Waals surface area contributed by atoms with Crippen molar-refractivity contribution in [1.82, 2.24) is 14.5 Å². The number of aldehydes is 2. The van der Waals surface area contributed by atoms with Crippen molar-refractivity contribution >= 4 is 35.4 Å². The van der Waals surface area contributed by atoms with Gasteiger partial charge in [-0.2, -0.15) is 0 Å². The quantitative estimate of drug-likeness (QED) is 0.492. The van der Waals surface area contributed by atoms with Crippen molar-refractivity contribution < 1.29 is 9.59 Å². The molecule has 0 aliphatic heterocycles. The van der Waals surface area contributed by atoms with Crippen LogP contribution in [0.5, 0.6) is 0 Å². The van der Waals surface area contributed by atoms with Gasteiger partial charge in [-0.05, 0) is 19.1 Å². The molecule has 3 rings (SSSR count). The molecule has 1 fully saturated rings. The second-order valence-electron chi connectivity index (χ2n) is 4.94. The summed E-state index contributed by atoms with van der Waals surface area (Å²) < 4.78 is 1.94. The molecular weight excluding hydrogens is 274 g/mol. The van der Waals surface area contributed by atoms with Crippen LogP contribution in [0.25, 0.3) is 11.0 Å².